The molecule has 1 unspecified atom stereocenters. The zero-order chi connectivity index (χ0) is 9.19. The maximum absolute atomic E-state index is 10.8. The van der Waals surface area contributed by atoms with Crippen molar-refractivity contribution in [3.05, 3.63) is 0 Å². The van der Waals surface area contributed by atoms with Crippen molar-refractivity contribution < 1.29 is 4.79 Å². The third kappa shape index (κ3) is 2.21. The summed E-state index contributed by atoms with van der Waals surface area (Å²) in [4.78, 5) is 10.8. The van der Waals surface area contributed by atoms with E-state index in [0.717, 1.165) is 13.1 Å². The molecule has 1 heterocycles. The van der Waals surface area contributed by atoms with E-state index < -0.39 is 0 Å². The van der Waals surface area contributed by atoms with Crippen molar-refractivity contribution in [1.82, 2.24) is 5.32 Å². The van der Waals surface area contributed by atoms with Crippen LogP contribution in [0.1, 0.15) is 26.7 Å². The average molecular weight is 170 g/mol. The standard InChI is InChI=1S/C9H18N2O/c1-9(2,5-8(10)12)7-3-4-11-6-7/h7,11H,3-6H2,1-2H3,(H2,10,12). The fourth-order valence-corrected chi connectivity index (χ4v) is 1.92. The molecule has 1 aliphatic rings. The van der Waals surface area contributed by atoms with E-state index in [1.807, 2.05) is 0 Å². The number of hydrogen-bond acceptors (Lipinski definition) is 2. The highest BCUT2D eigenvalue weighted by Crippen LogP contribution is 2.34. The molecule has 1 saturated heterocycles. The smallest absolute Gasteiger partial charge is 0.217 e. The Morgan fingerprint density at radius 3 is 2.75 bits per heavy atom. The first-order valence-electron chi connectivity index (χ1n) is 4.51. The number of amides is 1. The summed E-state index contributed by atoms with van der Waals surface area (Å²) in [7, 11) is 0. The van der Waals surface area contributed by atoms with E-state index in [-0.39, 0.29) is 11.3 Å². The molecule has 0 saturated carbocycles. The van der Waals surface area contributed by atoms with Gasteiger partial charge in [-0.05, 0) is 30.8 Å². The van der Waals surface area contributed by atoms with E-state index in [0.29, 0.717) is 12.3 Å². The topological polar surface area (TPSA) is 55.1 Å². The molecule has 0 radical (unpaired) electrons. The van der Waals surface area contributed by atoms with Gasteiger partial charge in [0, 0.05) is 6.42 Å². The monoisotopic (exact) mass is 170 g/mol. The number of nitrogens with one attached hydrogen (secondary N) is 1. The van der Waals surface area contributed by atoms with Crippen LogP contribution in [0.15, 0.2) is 0 Å². The van der Waals surface area contributed by atoms with Crippen molar-refractivity contribution in [1.29, 1.82) is 0 Å². The van der Waals surface area contributed by atoms with E-state index in [9.17, 15) is 4.79 Å². The van der Waals surface area contributed by atoms with Gasteiger partial charge in [0.25, 0.3) is 0 Å². The molecule has 1 rings (SSSR count). The summed E-state index contributed by atoms with van der Waals surface area (Å²) in [6.45, 7) is 6.35. The minimum atomic E-state index is -0.188. The molecule has 0 aliphatic carbocycles. The molecular weight excluding hydrogens is 152 g/mol. The quantitative estimate of drug-likeness (QED) is 0.648. The third-order valence-electron chi connectivity index (χ3n) is 2.80. The van der Waals surface area contributed by atoms with Gasteiger partial charge in [0.1, 0.15) is 0 Å². The summed E-state index contributed by atoms with van der Waals surface area (Å²) >= 11 is 0. The Kier molecular flexibility index (Phi) is 2.73. The fourth-order valence-electron chi connectivity index (χ4n) is 1.92. The van der Waals surface area contributed by atoms with Gasteiger partial charge in [-0.1, -0.05) is 13.8 Å². The predicted octanol–water partition coefficient (Wildman–Crippen LogP) is 0.498. The van der Waals surface area contributed by atoms with Crippen molar-refractivity contribution in [3.8, 4) is 0 Å². The van der Waals surface area contributed by atoms with Crippen LogP contribution in [-0.4, -0.2) is 19.0 Å². The first-order valence-corrected chi connectivity index (χ1v) is 4.51. The van der Waals surface area contributed by atoms with E-state index >= 15 is 0 Å². The molecule has 0 spiro atoms. The molecule has 0 aromatic carbocycles. The first kappa shape index (κ1) is 9.52. The van der Waals surface area contributed by atoms with Crippen LogP contribution in [0, 0.1) is 11.3 Å². The summed E-state index contributed by atoms with van der Waals surface area (Å²) < 4.78 is 0. The molecule has 0 aromatic rings. The van der Waals surface area contributed by atoms with Gasteiger partial charge >= 0.3 is 0 Å². The van der Waals surface area contributed by atoms with E-state index in [4.69, 9.17) is 5.73 Å². The highest BCUT2D eigenvalue weighted by molar-refractivity contribution is 5.74. The fraction of sp³-hybridized carbons (Fsp3) is 0.889. The zero-order valence-electron chi connectivity index (χ0n) is 7.89. The van der Waals surface area contributed by atoms with Gasteiger partial charge in [0.2, 0.25) is 5.91 Å². The first-order chi connectivity index (χ1) is 5.52. The lowest BCUT2D eigenvalue weighted by Gasteiger charge is -2.29. The molecule has 12 heavy (non-hydrogen) atoms. The molecular formula is C9H18N2O. The van der Waals surface area contributed by atoms with Crippen molar-refractivity contribution >= 4 is 5.91 Å². The van der Waals surface area contributed by atoms with Crippen molar-refractivity contribution in [3.63, 3.8) is 0 Å². The maximum atomic E-state index is 10.8. The number of hydrogen-bond donors (Lipinski definition) is 2. The number of carbonyl (C=O) groups is 1. The van der Waals surface area contributed by atoms with Crippen LogP contribution in [-0.2, 0) is 4.79 Å². The van der Waals surface area contributed by atoms with Gasteiger partial charge in [-0.3, -0.25) is 4.79 Å². The normalized spacial score (nSPS) is 24.3. The van der Waals surface area contributed by atoms with Crippen molar-refractivity contribution in [2.24, 2.45) is 17.1 Å². The molecule has 0 bridgehead atoms. The second-order valence-corrected chi connectivity index (χ2v) is 4.32. The lowest BCUT2D eigenvalue weighted by atomic mass is 9.75. The average Bonchev–Trinajstić information content (AvgIpc) is 2.32. The number of primary amides is 1. The molecule has 1 aliphatic heterocycles. The molecule has 70 valence electrons. The maximum Gasteiger partial charge on any atom is 0.217 e. The number of nitrogens with two attached hydrogens (primary N) is 1. The van der Waals surface area contributed by atoms with E-state index in [1.54, 1.807) is 0 Å². The molecule has 3 nitrogen and oxygen atoms in total. The minimum absolute atomic E-state index is 0.0648. The Balaban J connectivity index is 2.50. The molecule has 3 N–H and O–H groups in total. The Hall–Kier alpha value is -0.570. The van der Waals surface area contributed by atoms with Gasteiger partial charge < -0.3 is 11.1 Å². The lowest BCUT2D eigenvalue weighted by molar-refractivity contribution is -0.120. The van der Waals surface area contributed by atoms with Crippen LogP contribution in [0.5, 0.6) is 0 Å². The summed E-state index contributed by atoms with van der Waals surface area (Å²) in [5.41, 5.74) is 5.25. The summed E-state index contributed by atoms with van der Waals surface area (Å²) in [5.74, 6) is 0.414. The second kappa shape index (κ2) is 3.44. The van der Waals surface area contributed by atoms with Crippen LogP contribution < -0.4 is 11.1 Å². The lowest BCUT2D eigenvalue weighted by Crippen LogP contribution is -2.31. The van der Waals surface area contributed by atoms with Crippen LogP contribution in [0.4, 0.5) is 0 Å². The second-order valence-electron chi connectivity index (χ2n) is 4.32. The highest BCUT2D eigenvalue weighted by Gasteiger charge is 2.32. The molecule has 1 fully saturated rings. The Labute approximate surface area is 73.7 Å². The van der Waals surface area contributed by atoms with Crippen LogP contribution in [0.2, 0.25) is 0 Å². The van der Waals surface area contributed by atoms with Gasteiger partial charge in [0.15, 0.2) is 0 Å². The van der Waals surface area contributed by atoms with Gasteiger partial charge in [-0.2, -0.15) is 0 Å². The predicted molar refractivity (Wildman–Crippen MR) is 48.6 cm³/mol. The van der Waals surface area contributed by atoms with Crippen LogP contribution in [0.25, 0.3) is 0 Å². The third-order valence-corrected chi connectivity index (χ3v) is 2.80. The molecule has 0 aromatic heterocycles. The molecule has 1 atom stereocenters. The summed E-state index contributed by atoms with van der Waals surface area (Å²) in [6.07, 6.45) is 1.67. The largest absolute Gasteiger partial charge is 0.370 e. The minimum Gasteiger partial charge on any atom is -0.370 e. The van der Waals surface area contributed by atoms with Gasteiger partial charge in [-0.25, -0.2) is 0 Å². The number of carbonyl (C=O) groups excluding carboxylic acids is 1. The van der Waals surface area contributed by atoms with Gasteiger partial charge in [0.05, 0.1) is 0 Å². The summed E-state index contributed by atoms with van der Waals surface area (Å²) in [6, 6.07) is 0. The van der Waals surface area contributed by atoms with Crippen LogP contribution in [0.3, 0.4) is 0 Å². The molecule has 1 amide bonds. The molecule has 3 heteroatoms. The van der Waals surface area contributed by atoms with Crippen LogP contribution >= 0.6 is 0 Å². The summed E-state index contributed by atoms with van der Waals surface area (Å²) in [5, 5.41) is 3.30. The Morgan fingerprint density at radius 1 is 1.67 bits per heavy atom. The highest BCUT2D eigenvalue weighted by atomic mass is 16.1. The zero-order valence-corrected chi connectivity index (χ0v) is 7.89. The van der Waals surface area contributed by atoms with Crippen molar-refractivity contribution in [2.45, 2.75) is 26.7 Å². The van der Waals surface area contributed by atoms with Gasteiger partial charge in [-0.15, -0.1) is 0 Å². The number of rotatable bonds is 3. The SMILES string of the molecule is CC(C)(CC(N)=O)C1CCNC1. The Morgan fingerprint density at radius 2 is 2.33 bits per heavy atom. The van der Waals surface area contributed by atoms with Crippen molar-refractivity contribution in [2.75, 3.05) is 13.1 Å². The Bertz CT molecular complexity index is 171. The van der Waals surface area contributed by atoms with E-state index in [2.05, 4.69) is 19.2 Å². The van der Waals surface area contributed by atoms with E-state index in [1.165, 1.54) is 6.42 Å².